The van der Waals surface area contributed by atoms with Gasteiger partial charge in [0.05, 0.1) is 10.6 Å². The molecular formula is C13H10ClFOS. The van der Waals surface area contributed by atoms with Gasteiger partial charge in [0.1, 0.15) is 0 Å². The van der Waals surface area contributed by atoms with Crippen molar-refractivity contribution in [2.75, 3.05) is 0 Å². The first-order chi connectivity index (χ1) is 8.18. The Balaban J connectivity index is 2.07. The lowest BCUT2D eigenvalue weighted by Crippen LogP contribution is -2.03. The maximum atomic E-state index is 13.6. The number of thiophene rings is 1. The number of hydrogen-bond acceptors (Lipinski definition) is 2. The zero-order valence-corrected chi connectivity index (χ0v) is 10.5. The van der Waals surface area contributed by atoms with Gasteiger partial charge in [-0.05, 0) is 30.0 Å². The van der Waals surface area contributed by atoms with Crippen molar-refractivity contribution >= 4 is 28.7 Å². The van der Waals surface area contributed by atoms with Gasteiger partial charge in [0.25, 0.3) is 0 Å². The van der Waals surface area contributed by atoms with Gasteiger partial charge < -0.3 is 0 Å². The number of benzene rings is 1. The predicted molar refractivity (Wildman–Crippen MR) is 68.4 cm³/mol. The van der Waals surface area contributed by atoms with Gasteiger partial charge in [-0.25, -0.2) is 4.39 Å². The van der Waals surface area contributed by atoms with Gasteiger partial charge in [-0.2, -0.15) is 0 Å². The summed E-state index contributed by atoms with van der Waals surface area (Å²) in [5.41, 5.74) is 0.0778. The summed E-state index contributed by atoms with van der Waals surface area (Å²) in [5, 5.41) is 1.95. The number of ketones is 1. The number of aryl methyl sites for hydroxylation is 1. The number of halogens is 2. The molecule has 0 spiro atoms. The van der Waals surface area contributed by atoms with Gasteiger partial charge in [0.2, 0.25) is 0 Å². The molecule has 0 radical (unpaired) electrons. The fourth-order valence-electron chi connectivity index (χ4n) is 1.55. The Morgan fingerprint density at radius 3 is 2.82 bits per heavy atom. The number of rotatable bonds is 4. The smallest absolute Gasteiger partial charge is 0.166 e. The largest absolute Gasteiger partial charge is 0.294 e. The third-order valence-electron chi connectivity index (χ3n) is 2.43. The van der Waals surface area contributed by atoms with E-state index in [-0.39, 0.29) is 16.4 Å². The summed E-state index contributed by atoms with van der Waals surface area (Å²) >= 11 is 7.23. The zero-order chi connectivity index (χ0) is 12.3. The SMILES string of the molecule is O=C(CCc1cccs1)c1cccc(Cl)c1F. The topological polar surface area (TPSA) is 17.1 Å². The van der Waals surface area contributed by atoms with Crippen LogP contribution < -0.4 is 0 Å². The van der Waals surface area contributed by atoms with E-state index in [9.17, 15) is 9.18 Å². The minimum absolute atomic E-state index is 0.00743. The molecule has 0 saturated heterocycles. The van der Waals surface area contributed by atoms with Crippen LogP contribution in [0.15, 0.2) is 35.7 Å². The molecule has 2 rings (SSSR count). The molecule has 0 atom stereocenters. The second-order valence-electron chi connectivity index (χ2n) is 3.60. The first-order valence-corrected chi connectivity index (χ1v) is 6.44. The normalized spacial score (nSPS) is 10.5. The van der Waals surface area contributed by atoms with Crippen molar-refractivity contribution in [1.29, 1.82) is 0 Å². The monoisotopic (exact) mass is 268 g/mol. The molecule has 1 nitrogen and oxygen atoms in total. The highest BCUT2D eigenvalue weighted by atomic mass is 35.5. The van der Waals surface area contributed by atoms with E-state index in [1.165, 1.54) is 12.1 Å². The van der Waals surface area contributed by atoms with Crippen LogP contribution in [-0.4, -0.2) is 5.78 Å². The Morgan fingerprint density at radius 2 is 2.12 bits per heavy atom. The standard InChI is InChI=1S/C13H10ClFOS/c14-11-5-1-4-10(13(11)15)12(16)7-6-9-3-2-8-17-9/h1-5,8H,6-7H2. The molecule has 1 heterocycles. The summed E-state index contributed by atoms with van der Waals surface area (Å²) in [6, 6.07) is 8.39. The Kier molecular flexibility index (Phi) is 3.92. The highest BCUT2D eigenvalue weighted by Gasteiger charge is 2.13. The molecule has 2 aromatic rings. The number of hydrogen-bond donors (Lipinski definition) is 0. The number of carbonyl (C=O) groups excluding carboxylic acids is 1. The van der Waals surface area contributed by atoms with Crippen molar-refractivity contribution < 1.29 is 9.18 Å². The van der Waals surface area contributed by atoms with Crippen molar-refractivity contribution in [2.24, 2.45) is 0 Å². The van der Waals surface area contributed by atoms with E-state index in [0.29, 0.717) is 12.8 Å². The van der Waals surface area contributed by atoms with Crippen LogP contribution in [-0.2, 0) is 6.42 Å². The molecule has 0 bridgehead atoms. The lowest BCUT2D eigenvalue weighted by molar-refractivity contribution is 0.0979. The van der Waals surface area contributed by atoms with Crippen LogP contribution in [0.25, 0.3) is 0 Å². The van der Waals surface area contributed by atoms with Crippen molar-refractivity contribution in [2.45, 2.75) is 12.8 Å². The molecule has 0 aliphatic rings. The molecule has 0 N–H and O–H groups in total. The fraction of sp³-hybridized carbons (Fsp3) is 0.154. The Hall–Kier alpha value is -1.19. The molecule has 0 saturated carbocycles. The average molecular weight is 269 g/mol. The Morgan fingerprint density at radius 1 is 1.29 bits per heavy atom. The summed E-state index contributed by atoms with van der Waals surface area (Å²) in [5.74, 6) is -0.830. The Labute approximate surface area is 108 Å². The molecule has 0 unspecified atom stereocenters. The van der Waals surface area contributed by atoms with Crippen molar-refractivity contribution in [3.05, 3.63) is 57.0 Å². The maximum Gasteiger partial charge on any atom is 0.166 e. The zero-order valence-electron chi connectivity index (χ0n) is 8.95. The van der Waals surface area contributed by atoms with Gasteiger partial charge in [-0.15, -0.1) is 11.3 Å². The summed E-state index contributed by atoms with van der Waals surface area (Å²) in [6.07, 6.45) is 0.945. The Bertz CT molecular complexity index is 522. The van der Waals surface area contributed by atoms with Crippen LogP contribution in [0.1, 0.15) is 21.7 Å². The summed E-state index contributed by atoms with van der Waals surface area (Å²) in [6.45, 7) is 0. The predicted octanol–water partition coefficient (Wildman–Crippen LogP) is 4.36. The van der Waals surface area contributed by atoms with Crippen LogP contribution in [0.2, 0.25) is 5.02 Å². The second kappa shape index (κ2) is 5.43. The van der Waals surface area contributed by atoms with Gasteiger partial charge in [-0.3, -0.25) is 4.79 Å². The molecule has 0 aliphatic carbocycles. The highest BCUT2D eigenvalue weighted by Crippen LogP contribution is 2.20. The summed E-state index contributed by atoms with van der Waals surface area (Å²) in [7, 11) is 0. The number of carbonyl (C=O) groups is 1. The molecule has 17 heavy (non-hydrogen) atoms. The van der Waals surface area contributed by atoms with E-state index in [4.69, 9.17) is 11.6 Å². The third kappa shape index (κ3) is 2.93. The van der Waals surface area contributed by atoms with Crippen molar-refractivity contribution in [3.63, 3.8) is 0 Å². The van der Waals surface area contributed by atoms with Crippen LogP contribution >= 0.6 is 22.9 Å². The number of Topliss-reactive ketones (excluding diaryl/α,β-unsaturated/α-hetero) is 1. The van der Waals surface area contributed by atoms with Gasteiger partial charge >= 0.3 is 0 Å². The fourth-order valence-corrected chi connectivity index (χ4v) is 2.43. The van der Waals surface area contributed by atoms with E-state index in [1.807, 2.05) is 17.5 Å². The molecule has 0 aliphatic heterocycles. The van der Waals surface area contributed by atoms with E-state index in [1.54, 1.807) is 17.4 Å². The molecule has 88 valence electrons. The van der Waals surface area contributed by atoms with Crippen LogP contribution in [0, 0.1) is 5.82 Å². The second-order valence-corrected chi connectivity index (χ2v) is 5.04. The van der Waals surface area contributed by atoms with E-state index in [0.717, 1.165) is 4.88 Å². The van der Waals surface area contributed by atoms with Gasteiger partial charge in [-0.1, -0.05) is 23.7 Å². The molecule has 4 heteroatoms. The lowest BCUT2D eigenvalue weighted by Gasteiger charge is -2.03. The van der Waals surface area contributed by atoms with Crippen molar-refractivity contribution in [1.82, 2.24) is 0 Å². The van der Waals surface area contributed by atoms with Gasteiger partial charge in [0.15, 0.2) is 11.6 Å². The molecule has 1 aromatic heterocycles. The van der Waals surface area contributed by atoms with Crippen LogP contribution in [0.3, 0.4) is 0 Å². The van der Waals surface area contributed by atoms with Gasteiger partial charge in [0, 0.05) is 11.3 Å². The third-order valence-corrected chi connectivity index (χ3v) is 3.66. The summed E-state index contributed by atoms with van der Waals surface area (Å²) < 4.78 is 13.6. The minimum Gasteiger partial charge on any atom is -0.294 e. The molecule has 1 aromatic carbocycles. The first kappa shape index (κ1) is 12.3. The van der Waals surface area contributed by atoms with Crippen molar-refractivity contribution in [3.8, 4) is 0 Å². The summed E-state index contributed by atoms with van der Waals surface area (Å²) in [4.78, 5) is 12.9. The maximum absolute atomic E-state index is 13.6. The van der Waals surface area contributed by atoms with E-state index in [2.05, 4.69) is 0 Å². The highest BCUT2D eigenvalue weighted by molar-refractivity contribution is 7.09. The van der Waals surface area contributed by atoms with E-state index >= 15 is 0 Å². The lowest BCUT2D eigenvalue weighted by atomic mass is 10.1. The minimum atomic E-state index is -0.620. The molecule has 0 fully saturated rings. The van der Waals surface area contributed by atoms with Crippen LogP contribution in [0.5, 0.6) is 0 Å². The first-order valence-electron chi connectivity index (χ1n) is 5.18. The molecular weight excluding hydrogens is 259 g/mol. The quantitative estimate of drug-likeness (QED) is 0.753. The van der Waals surface area contributed by atoms with Crippen LogP contribution in [0.4, 0.5) is 4.39 Å². The van der Waals surface area contributed by atoms with E-state index < -0.39 is 5.82 Å². The molecule has 0 amide bonds. The average Bonchev–Trinajstić information content (AvgIpc) is 2.82.